The molecule has 0 saturated heterocycles. The van der Waals surface area contributed by atoms with Crippen LogP contribution in [-0.4, -0.2) is 41.0 Å². The van der Waals surface area contributed by atoms with Gasteiger partial charge in [0.1, 0.15) is 17.7 Å². The minimum Gasteiger partial charge on any atom is -0.444 e. The highest BCUT2D eigenvalue weighted by atomic mass is 35.5. The van der Waals surface area contributed by atoms with Crippen LogP contribution in [0.1, 0.15) is 103 Å². The highest BCUT2D eigenvalue weighted by molar-refractivity contribution is 6.34. The smallest absolute Gasteiger partial charge is 0.408 e. The van der Waals surface area contributed by atoms with Gasteiger partial charge in [-0.2, -0.15) is 0 Å². The number of aryl methyl sites for hydroxylation is 2. The Morgan fingerprint density at radius 3 is 2.24 bits per heavy atom. The summed E-state index contributed by atoms with van der Waals surface area (Å²) in [6, 6.07) is 11.3. The zero-order valence-corrected chi connectivity index (χ0v) is 27.4. The van der Waals surface area contributed by atoms with E-state index in [0.717, 1.165) is 43.2 Å². The molecule has 3 amide bonds. The van der Waals surface area contributed by atoms with E-state index in [2.05, 4.69) is 17.6 Å². The predicted octanol–water partition coefficient (Wildman–Crippen LogP) is 8.38. The predicted molar refractivity (Wildman–Crippen MR) is 172 cm³/mol. The maximum Gasteiger partial charge on any atom is 0.408 e. The number of amides is 3. The monoisotopic (exact) mass is 599 g/mol. The maximum atomic E-state index is 14.4. The van der Waals surface area contributed by atoms with E-state index >= 15 is 0 Å². The van der Waals surface area contributed by atoms with Gasteiger partial charge in [0.2, 0.25) is 5.91 Å². The summed E-state index contributed by atoms with van der Waals surface area (Å²) in [7, 11) is 0. The van der Waals surface area contributed by atoms with Gasteiger partial charge < -0.3 is 20.3 Å². The summed E-state index contributed by atoms with van der Waals surface area (Å²) in [4.78, 5) is 43.1. The molecule has 2 N–H and O–H groups in total. The molecule has 2 aromatic rings. The number of alkyl carbamates (subject to hydrolysis) is 1. The molecule has 0 bridgehead atoms. The number of carbonyl (C=O) groups excluding carboxylic acids is 3. The van der Waals surface area contributed by atoms with E-state index in [9.17, 15) is 14.4 Å². The van der Waals surface area contributed by atoms with E-state index in [4.69, 9.17) is 16.3 Å². The fraction of sp³-hybridized carbons (Fsp3) is 0.559. The standard InChI is InChI=1S/C34H50ClN3O4/c1-9-10-11-12-13-20-38(32(40)28(21-23(2)3)36-33(41)42-34(6,7)8)30(26-18-14-16-24(4)22-26)31(39)37-29-25(5)17-15-19-27(29)35/h14-19,22-23,28,30H,9-13,20-21H2,1-8H3,(H,36,41)(H,37,39). The lowest BCUT2D eigenvalue weighted by atomic mass is 9.97. The van der Waals surface area contributed by atoms with Crippen molar-refractivity contribution in [1.29, 1.82) is 0 Å². The molecule has 0 spiro atoms. The average Bonchev–Trinajstić information content (AvgIpc) is 2.88. The normalized spacial score (nSPS) is 12.9. The van der Waals surface area contributed by atoms with Crippen molar-refractivity contribution in [2.75, 3.05) is 11.9 Å². The Bertz CT molecular complexity index is 1170. The second-order valence-electron chi connectivity index (χ2n) is 12.5. The molecule has 232 valence electrons. The quantitative estimate of drug-likeness (QED) is 0.213. The lowest BCUT2D eigenvalue weighted by Gasteiger charge is -2.35. The molecule has 2 rings (SSSR count). The van der Waals surface area contributed by atoms with Crippen molar-refractivity contribution in [3.8, 4) is 0 Å². The minimum absolute atomic E-state index is 0.109. The number of ether oxygens (including phenoxy) is 1. The number of nitrogens with one attached hydrogen (secondary N) is 2. The number of rotatable bonds is 14. The van der Waals surface area contributed by atoms with Crippen molar-refractivity contribution < 1.29 is 19.1 Å². The number of benzene rings is 2. The molecule has 42 heavy (non-hydrogen) atoms. The van der Waals surface area contributed by atoms with Gasteiger partial charge in [0, 0.05) is 6.54 Å². The summed E-state index contributed by atoms with van der Waals surface area (Å²) in [6.45, 7) is 15.7. The van der Waals surface area contributed by atoms with E-state index in [0.29, 0.717) is 29.2 Å². The summed E-state index contributed by atoms with van der Waals surface area (Å²) < 4.78 is 5.50. The van der Waals surface area contributed by atoms with Gasteiger partial charge in [-0.15, -0.1) is 0 Å². The number of carbonyl (C=O) groups is 3. The highest BCUT2D eigenvalue weighted by Gasteiger charge is 2.36. The van der Waals surface area contributed by atoms with Crippen LogP contribution in [-0.2, 0) is 14.3 Å². The minimum atomic E-state index is -0.936. The van der Waals surface area contributed by atoms with Gasteiger partial charge in [-0.05, 0) is 70.6 Å². The van der Waals surface area contributed by atoms with E-state index in [1.165, 1.54) is 0 Å². The van der Waals surface area contributed by atoms with Gasteiger partial charge in [0.15, 0.2) is 0 Å². The third kappa shape index (κ3) is 11.3. The lowest BCUT2D eigenvalue weighted by Crippen LogP contribution is -2.53. The number of nitrogens with zero attached hydrogens (tertiary/aromatic N) is 1. The van der Waals surface area contributed by atoms with Crippen molar-refractivity contribution in [2.45, 2.75) is 112 Å². The summed E-state index contributed by atoms with van der Waals surface area (Å²) >= 11 is 6.48. The molecule has 8 heteroatoms. The van der Waals surface area contributed by atoms with Crippen LogP contribution in [0.25, 0.3) is 0 Å². The summed E-state index contributed by atoms with van der Waals surface area (Å²) in [5.74, 6) is -0.570. The van der Waals surface area contributed by atoms with Crippen molar-refractivity contribution in [1.82, 2.24) is 10.2 Å². The first kappa shape index (κ1) is 35.1. The van der Waals surface area contributed by atoms with Gasteiger partial charge in [-0.25, -0.2) is 4.79 Å². The zero-order chi connectivity index (χ0) is 31.4. The van der Waals surface area contributed by atoms with Gasteiger partial charge in [-0.3, -0.25) is 9.59 Å². The third-order valence-corrected chi connectivity index (χ3v) is 7.18. The Morgan fingerprint density at radius 1 is 0.976 bits per heavy atom. The van der Waals surface area contributed by atoms with Crippen LogP contribution < -0.4 is 10.6 Å². The molecule has 0 aromatic heterocycles. The van der Waals surface area contributed by atoms with Crippen molar-refractivity contribution >= 4 is 35.2 Å². The van der Waals surface area contributed by atoms with Crippen LogP contribution in [0.2, 0.25) is 5.02 Å². The number of halogens is 1. The van der Waals surface area contributed by atoms with E-state index in [1.54, 1.807) is 31.7 Å². The van der Waals surface area contributed by atoms with Gasteiger partial charge in [-0.1, -0.05) is 100 Å². The molecule has 0 heterocycles. The first-order chi connectivity index (χ1) is 19.7. The topological polar surface area (TPSA) is 87.7 Å². The van der Waals surface area contributed by atoms with Crippen LogP contribution in [0.4, 0.5) is 10.5 Å². The molecule has 2 atom stereocenters. The van der Waals surface area contributed by atoms with Crippen LogP contribution >= 0.6 is 11.6 Å². The lowest BCUT2D eigenvalue weighted by molar-refractivity contribution is -0.141. The van der Waals surface area contributed by atoms with E-state index in [1.807, 2.05) is 64.1 Å². The first-order valence-electron chi connectivity index (χ1n) is 15.2. The number of para-hydroxylation sites is 1. The molecule has 0 saturated carbocycles. The molecule has 0 aliphatic carbocycles. The van der Waals surface area contributed by atoms with Gasteiger partial charge >= 0.3 is 6.09 Å². The molecule has 0 aliphatic rings. The van der Waals surface area contributed by atoms with Crippen LogP contribution in [0, 0.1) is 19.8 Å². The van der Waals surface area contributed by atoms with E-state index in [-0.39, 0.29) is 17.7 Å². The van der Waals surface area contributed by atoms with Crippen molar-refractivity contribution in [3.63, 3.8) is 0 Å². The number of hydrogen-bond donors (Lipinski definition) is 2. The molecular formula is C34H50ClN3O4. The molecule has 2 unspecified atom stereocenters. The third-order valence-electron chi connectivity index (χ3n) is 6.87. The zero-order valence-electron chi connectivity index (χ0n) is 26.7. The Labute approximate surface area is 257 Å². The van der Waals surface area contributed by atoms with Crippen LogP contribution in [0.3, 0.4) is 0 Å². The van der Waals surface area contributed by atoms with Gasteiger partial charge in [0.05, 0.1) is 10.7 Å². The Kier molecular flexibility index (Phi) is 13.8. The van der Waals surface area contributed by atoms with Crippen LogP contribution in [0.15, 0.2) is 42.5 Å². The highest BCUT2D eigenvalue weighted by Crippen LogP contribution is 2.30. The Morgan fingerprint density at radius 2 is 1.64 bits per heavy atom. The molecule has 0 aliphatic heterocycles. The van der Waals surface area contributed by atoms with E-state index < -0.39 is 23.8 Å². The molecule has 0 radical (unpaired) electrons. The van der Waals surface area contributed by atoms with Crippen molar-refractivity contribution in [2.24, 2.45) is 5.92 Å². The van der Waals surface area contributed by atoms with Crippen LogP contribution in [0.5, 0.6) is 0 Å². The molecule has 2 aromatic carbocycles. The molecule has 0 fully saturated rings. The second-order valence-corrected chi connectivity index (χ2v) is 12.9. The maximum absolute atomic E-state index is 14.4. The molecular weight excluding hydrogens is 550 g/mol. The fourth-order valence-electron chi connectivity index (χ4n) is 4.89. The fourth-order valence-corrected chi connectivity index (χ4v) is 5.16. The summed E-state index contributed by atoms with van der Waals surface area (Å²) in [6.07, 6.45) is 4.65. The number of anilines is 1. The largest absolute Gasteiger partial charge is 0.444 e. The Balaban J connectivity index is 2.57. The number of unbranched alkanes of at least 4 members (excludes halogenated alkanes) is 4. The second kappa shape index (κ2) is 16.5. The Hall–Kier alpha value is -3.06. The SMILES string of the molecule is CCCCCCCN(C(=O)C(CC(C)C)NC(=O)OC(C)(C)C)C(C(=O)Nc1c(C)cccc1Cl)c1cccc(C)c1. The summed E-state index contributed by atoms with van der Waals surface area (Å²) in [5, 5.41) is 6.26. The average molecular weight is 600 g/mol. The number of hydrogen-bond acceptors (Lipinski definition) is 4. The molecule has 7 nitrogen and oxygen atoms in total. The first-order valence-corrected chi connectivity index (χ1v) is 15.5. The van der Waals surface area contributed by atoms with Crippen molar-refractivity contribution in [3.05, 3.63) is 64.2 Å². The van der Waals surface area contributed by atoms with Gasteiger partial charge in [0.25, 0.3) is 5.91 Å². The summed E-state index contributed by atoms with van der Waals surface area (Å²) in [5.41, 5.74) is 2.29.